The lowest BCUT2D eigenvalue weighted by Gasteiger charge is -2.35. The summed E-state index contributed by atoms with van der Waals surface area (Å²) in [5.74, 6) is 0.926. The van der Waals surface area contributed by atoms with E-state index in [1.54, 1.807) is 23.0 Å². The third-order valence-corrected chi connectivity index (χ3v) is 7.64. The molecule has 10 heteroatoms. The minimum absolute atomic E-state index is 0.256. The first-order valence-corrected chi connectivity index (χ1v) is 12.7. The largest absolute Gasteiger partial charge is 0.493 e. The van der Waals surface area contributed by atoms with Crippen molar-refractivity contribution in [2.75, 3.05) is 44.7 Å². The van der Waals surface area contributed by atoms with E-state index in [-0.39, 0.29) is 5.92 Å². The first kappa shape index (κ1) is 22.8. The summed E-state index contributed by atoms with van der Waals surface area (Å²) < 4.78 is 7.30. The molecule has 180 valence electrons. The second-order valence-corrected chi connectivity index (χ2v) is 10.1. The molecular formula is C24H32N8OS. The van der Waals surface area contributed by atoms with E-state index in [0.717, 1.165) is 59.4 Å². The summed E-state index contributed by atoms with van der Waals surface area (Å²) in [5, 5.41) is 14.6. The summed E-state index contributed by atoms with van der Waals surface area (Å²) in [4.78, 5) is 14.3. The quantitative estimate of drug-likeness (QED) is 0.424. The third kappa shape index (κ3) is 4.05. The Hall–Kier alpha value is -2.98. The molecule has 1 aliphatic rings. The van der Waals surface area contributed by atoms with Crippen LogP contribution in [-0.4, -0.2) is 74.5 Å². The van der Waals surface area contributed by atoms with Crippen molar-refractivity contribution in [3.8, 4) is 27.7 Å². The van der Waals surface area contributed by atoms with Gasteiger partial charge < -0.3 is 9.64 Å². The van der Waals surface area contributed by atoms with Crippen molar-refractivity contribution in [1.29, 1.82) is 0 Å². The van der Waals surface area contributed by atoms with Crippen LogP contribution in [0.25, 0.3) is 27.6 Å². The summed E-state index contributed by atoms with van der Waals surface area (Å²) >= 11 is 1.76. The Balaban J connectivity index is 1.50. The van der Waals surface area contributed by atoms with E-state index < -0.39 is 0 Å². The van der Waals surface area contributed by atoms with Gasteiger partial charge in [-0.15, -0.1) is 0 Å². The van der Waals surface area contributed by atoms with Crippen molar-refractivity contribution < 1.29 is 4.74 Å². The number of hydrogen-bond donors (Lipinski definition) is 1. The molecule has 0 aliphatic carbocycles. The van der Waals surface area contributed by atoms with Gasteiger partial charge in [0, 0.05) is 43.5 Å². The Labute approximate surface area is 203 Å². The first-order chi connectivity index (χ1) is 16.5. The Morgan fingerprint density at radius 3 is 2.71 bits per heavy atom. The van der Waals surface area contributed by atoms with Crippen LogP contribution in [0.4, 0.5) is 5.00 Å². The fourth-order valence-corrected chi connectivity index (χ4v) is 5.88. The molecule has 0 aromatic carbocycles. The predicted octanol–water partition coefficient (Wildman–Crippen LogP) is 4.22. The number of fused-ring (bicyclic) bond motifs is 1. The molecule has 5 heterocycles. The highest BCUT2D eigenvalue weighted by molar-refractivity contribution is 7.19. The van der Waals surface area contributed by atoms with Crippen LogP contribution >= 0.6 is 11.3 Å². The molecule has 0 spiro atoms. The van der Waals surface area contributed by atoms with Gasteiger partial charge in [-0.2, -0.15) is 10.2 Å². The number of pyridine rings is 1. The van der Waals surface area contributed by atoms with Crippen molar-refractivity contribution >= 4 is 22.0 Å². The van der Waals surface area contributed by atoms with Crippen molar-refractivity contribution in [2.24, 2.45) is 0 Å². The van der Waals surface area contributed by atoms with E-state index in [0.29, 0.717) is 11.4 Å². The highest BCUT2D eigenvalue weighted by atomic mass is 32.1. The minimum Gasteiger partial charge on any atom is -0.493 e. The van der Waals surface area contributed by atoms with E-state index in [4.69, 9.17) is 14.8 Å². The molecule has 9 nitrogen and oxygen atoms in total. The molecule has 0 saturated carbocycles. The number of piperazine rings is 1. The fraction of sp³-hybridized carbons (Fsp3) is 0.500. The van der Waals surface area contributed by atoms with Gasteiger partial charge >= 0.3 is 0 Å². The smallest absolute Gasteiger partial charge is 0.197 e. The Morgan fingerprint density at radius 1 is 1.21 bits per heavy atom. The van der Waals surface area contributed by atoms with E-state index in [1.807, 2.05) is 12.3 Å². The Bertz CT molecular complexity index is 1280. The number of aryl methyl sites for hydroxylation is 1. The third-order valence-electron chi connectivity index (χ3n) is 6.40. The van der Waals surface area contributed by atoms with Crippen LogP contribution in [0.5, 0.6) is 5.75 Å². The molecule has 0 atom stereocenters. The van der Waals surface area contributed by atoms with Crippen LogP contribution in [0.15, 0.2) is 18.6 Å². The van der Waals surface area contributed by atoms with Crippen molar-refractivity contribution in [3.63, 3.8) is 0 Å². The summed E-state index contributed by atoms with van der Waals surface area (Å²) in [5.41, 5.74) is 5.74. The Morgan fingerprint density at radius 2 is 2.00 bits per heavy atom. The molecule has 0 bridgehead atoms. The molecule has 34 heavy (non-hydrogen) atoms. The maximum atomic E-state index is 5.57. The number of methoxy groups -OCH3 is 1. The normalized spacial score (nSPS) is 15.1. The number of aromatic amines is 1. The average molecular weight is 481 g/mol. The topological polar surface area (TPSA) is 87.5 Å². The van der Waals surface area contributed by atoms with Crippen LogP contribution in [0.2, 0.25) is 0 Å². The molecule has 1 N–H and O–H groups in total. The highest BCUT2D eigenvalue weighted by Gasteiger charge is 2.26. The molecule has 1 saturated heterocycles. The van der Waals surface area contributed by atoms with E-state index in [9.17, 15) is 0 Å². The van der Waals surface area contributed by atoms with Gasteiger partial charge in [0.15, 0.2) is 11.4 Å². The van der Waals surface area contributed by atoms with Crippen molar-refractivity contribution in [1.82, 2.24) is 34.7 Å². The lowest BCUT2D eigenvalue weighted by molar-refractivity contribution is 0.259. The van der Waals surface area contributed by atoms with Crippen LogP contribution in [-0.2, 0) is 0 Å². The molecule has 4 aromatic rings. The zero-order valence-corrected chi connectivity index (χ0v) is 21.3. The standard InChI is InChI=1S/C24H32N8OS/c1-6-7-30-8-10-31(11-9-30)24-16(4)27-23(34-24)21-19(15(2)3)20(28-29-21)17-12-18(33-5)22-25-14-26-32(22)13-17/h12-15H,6-11H2,1-5H3,(H,28,29). The van der Waals surface area contributed by atoms with Crippen LogP contribution in [0, 0.1) is 6.92 Å². The summed E-state index contributed by atoms with van der Waals surface area (Å²) in [6.45, 7) is 14.2. The van der Waals surface area contributed by atoms with Crippen molar-refractivity contribution in [3.05, 3.63) is 29.8 Å². The van der Waals surface area contributed by atoms with Gasteiger partial charge in [0.05, 0.1) is 24.2 Å². The average Bonchev–Trinajstić information content (AvgIpc) is 3.56. The summed E-state index contributed by atoms with van der Waals surface area (Å²) in [6, 6.07) is 1.98. The Kier molecular flexibility index (Phi) is 6.26. The van der Waals surface area contributed by atoms with E-state index in [2.05, 4.69) is 52.7 Å². The van der Waals surface area contributed by atoms with Crippen LogP contribution in [0.3, 0.4) is 0 Å². The zero-order chi connectivity index (χ0) is 23.8. The number of anilines is 1. The van der Waals surface area contributed by atoms with Gasteiger partial charge in [-0.3, -0.25) is 10.00 Å². The molecule has 1 aliphatic heterocycles. The number of thiazole rings is 1. The molecule has 5 rings (SSSR count). The molecule has 0 unspecified atom stereocenters. The maximum absolute atomic E-state index is 5.57. The van der Waals surface area contributed by atoms with Gasteiger partial charge in [0.25, 0.3) is 0 Å². The lowest BCUT2D eigenvalue weighted by atomic mass is 9.97. The number of ether oxygens (including phenoxy) is 1. The fourth-order valence-electron chi connectivity index (χ4n) is 4.75. The SMILES string of the molecule is CCCN1CCN(c2sc(-c3[nH]nc(-c4cc(OC)c5ncnn5c4)c3C(C)C)nc2C)CC1. The molecule has 0 radical (unpaired) electrons. The number of nitrogens with zero attached hydrogens (tertiary/aromatic N) is 7. The van der Waals surface area contributed by atoms with Crippen LogP contribution < -0.4 is 9.64 Å². The second kappa shape index (κ2) is 9.34. The second-order valence-electron chi connectivity index (χ2n) is 9.08. The van der Waals surface area contributed by atoms with Gasteiger partial charge in [0.1, 0.15) is 16.3 Å². The van der Waals surface area contributed by atoms with E-state index in [1.165, 1.54) is 24.3 Å². The minimum atomic E-state index is 0.256. The van der Waals surface area contributed by atoms with Gasteiger partial charge in [-0.1, -0.05) is 32.1 Å². The molecular weight excluding hydrogens is 448 g/mol. The number of rotatable bonds is 7. The summed E-state index contributed by atoms with van der Waals surface area (Å²) in [7, 11) is 1.65. The lowest BCUT2D eigenvalue weighted by Crippen LogP contribution is -2.46. The molecule has 0 amide bonds. The van der Waals surface area contributed by atoms with Gasteiger partial charge in [-0.25, -0.2) is 14.5 Å². The zero-order valence-electron chi connectivity index (χ0n) is 20.5. The number of aromatic nitrogens is 6. The number of H-pyrrole nitrogens is 1. The molecule has 4 aromatic heterocycles. The highest BCUT2D eigenvalue weighted by Crippen LogP contribution is 2.41. The monoisotopic (exact) mass is 480 g/mol. The number of hydrogen-bond acceptors (Lipinski definition) is 8. The van der Waals surface area contributed by atoms with E-state index >= 15 is 0 Å². The maximum Gasteiger partial charge on any atom is 0.197 e. The van der Waals surface area contributed by atoms with Crippen molar-refractivity contribution in [2.45, 2.75) is 40.0 Å². The van der Waals surface area contributed by atoms with Crippen LogP contribution in [0.1, 0.15) is 44.4 Å². The van der Waals surface area contributed by atoms with Gasteiger partial charge in [-0.05, 0) is 31.9 Å². The van der Waals surface area contributed by atoms with Gasteiger partial charge in [0.2, 0.25) is 0 Å². The predicted molar refractivity (Wildman–Crippen MR) is 136 cm³/mol. The molecule has 1 fully saturated rings. The first-order valence-electron chi connectivity index (χ1n) is 11.9. The number of nitrogens with one attached hydrogen (secondary N) is 1. The summed E-state index contributed by atoms with van der Waals surface area (Å²) in [6.07, 6.45) is 4.69.